The molecule has 2 rings (SSSR count). The number of benzene rings is 2. The molecule has 0 saturated heterocycles. The number of halogens is 2. The Morgan fingerprint density at radius 1 is 1.10 bits per heavy atom. The molecule has 0 saturated carbocycles. The maximum Gasteiger partial charge on any atom is 0.123 e. The summed E-state index contributed by atoms with van der Waals surface area (Å²) in [4.78, 5) is 0. The van der Waals surface area contributed by atoms with E-state index >= 15 is 0 Å². The molecule has 20 heavy (non-hydrogen) atoms. The van der Waals surface area contributed by atoms with Crippen LogP contribution >= 0.6 is 15.9 Å². The third-order valence-electron chi connectivity index (χ3n) is 3.91. The third-order valence-corrected chi connectivity index (χ3v) is 4.69. The topological polar surface area (TPSA) is 26.0 Å². The summed E-state index contributed by atoms with van der Waals surface area (Å²) in [7, 11) is 0. The van der Waals surface area contributed by atoms with E-state index in [1.807, 2.05) is 30.3 Å². The highest BCUT2D eigenvalue weighted by Crippen LogP contribution is 2.29. The average molecular weight is 336 g/mol. The number of rotatable bonds is 4. The van der Waals surface area contributed by atoms with Gasteiger partial charge in [0.05, 0.1) is 0 Å². The van der Waals surface area contributed by atoms with Gasteiger partial charge in [-0.3, -0.25) is 0 Å². The number of nitrogens with two attached hydrogens (primary N) is 1. The highest BCUT2D eigenvalue weighted by Gasteiger charge is 2.28. The molecule has 0 heterocycles. The molecule has 0 amide bonds. The van der Waals surface area contributed by atoms with Gasteiger partial charge in [-0.25, -0.2) is 4.39 Å². The van der Waals surface area contributed by atoms with Crippen molar-refractivity contribution >= 4 is 15.9 Å². The van der Waals surface area contributed by atoms with Gasteiger partial charge in [-0.2, -0.15) is 0 Å². The lowest BCUT2D eigenvalue weighted by atomic mass is 9.76. The molecular weight excluding hydrogens is 317 g/mol. The average Bonchev–Trinajstić information content (AvgIpc) is 2.41. The minimum absolute atomic E-state index is 0.0494. The minimum Gasteiger partial charge on any atom is -0.327 e. The fourth-order valence-corrected chi connectivity index (χ4v) is 2.70. The molecule has 0 aromatic heterocycles. The number of hydrogen-bond acceptors (Lipinski definition) is 1. The fourth-order valence-electron chi connectivity index (χ4n) is 2.25. The fraction of sp³-hybridized carbons (Fsp3) is 0.294. The Labute approximate surface area is 128 Å². The standard InChI is InChI=1S/C17H19BrFN/c1-17(2,13-7-9-14(19)10-8-13)16(20)11-12-5-3-4-6-15(12)18/h3-10,16H,11,20H2,1-2H3. The third kappa shape index (κ3) is 3.28. The van der Waals surface area contributed by atoms with E-state index in [0.29, 0.717) is 0 Å². The minimum atomic E-state index is -0.219. The largest absolute Gasteiger partial charge is 0.327 e. The van der Waals surface area contributed by atoms with E-state index < -0.39 is 0 Å². The van der Waals surface area contributed by atoms with E-state index in [-0.39, 0.29) is 17.3 Å². The summed E-state index contributed by atoms with van der Waals surface area (Å²) < 4.78 is 14.1. The van der Waals surface area contributed by atoms with Gasteiger partial charge in [-0.1, -0.05) is 60.1 Å². The highest BCUT2D eigenvalue weighted by molar-refractivity contribution is 9.10. The molecule has 2 N–H and O–H groups in total. The quantitative estimate of drug-likeness (QED) is 0.878. The van der Waals surface area contributed by atoms with Crippen LogP contribution in [0.15, 0.2) is 53.0 Å². The molecule has 2 aromatic rings. The smallest absolute Gasteiger partial charge is 0.123 e. The molecule has 0 aliphatic carbocycles. The second kappa shape index (κ2) is 6.06. The van der Waals surface area contributed by atoms with Crippen LogP contribution in [0.4, 0.5) is 4.39 Å². The van der Waals surface area contributed by atoms with Gasteiger partial charge in [-0.05, 0) is 35.7 Å². The molecule has 3 heteroatoms. The van der Waals surface area contributed by atoms with Crippen LogP contribution < -0.4 is 5.73 Å². The Hall–Kier alpha value is -1.19. The summed E-state index contributed by atoms with van der Waals surface area (Å²) in [6.45, 7) is 4.20. The lowest BCUT2D eigenvalue weighted by Gasteiger charge is -2.32. The van der Waals surface area contributed by atoms with Gasteiger partial charge in [0, 0.05) is 15.9 Å². The second-order valence-electron chi connectivity index (χ2n) is 5.63. The van der Waals surface area contributed by atoms with Crippen LogP contribution in [0.1, 0.15) is 25.0 Å². The number of hydrogen-bond donors (Lipinski definition) is 1. The molecule has 0 fully saturated rings. The van der Waals surface area contributed by atoms with Crippen LogP contribution in [0.3, 0.4) is 0 Å². The summed E-state index contributed by atoms with van der Waals surface area (Å²) in [5.41, 5.74) is 8.43. The maximum atomic E-state index is 13.0. The van der Waals surface area contributed by atoms with Gasteiger partial charge in [0.2, 0.25) is 0 Å². The first-order chi connectivity index (χ1) is 9.41. The molecule has 0 bridgehead atoms. The van der Waals surface area contributed by atoms with Crippen molar-refractivity contribution in [3.8, 4) is 0 Å². The van der Waals surface area contributed by atoms with Crippen LogP contribution in [0.25, 0.3) is 0 Å². The van der Waals surface area contributed by atoms with Crippen LogP contribution in [0.5, 0.6) is 0 Å². The second-order valence-corrected chi connectivity index (χ2v) is 6.48. The molecule has 1 nitrogen and oxygen atoms in total. The van der Waals surface area contributed by atoms with Crippen molar-refractivity contribution in [2.75, 3.05) is 0 Å². The Balaban J connectivity index is 2.21. The lowest BCUT2D eigenvalue weighted by Crippen LogP contribution is -2.42. The van der Waals surface area contributed by atoms with Crippen molar-refractivity contribution in [3.63, 3.8) is 0 Å². The van der Waals surface area contributed by atoms with Crippen molar-refractivity contribution < 1.29 is 4.39 Å². The zero-order valence-corrected chi connectivity index (χ0v) is 13.3. The SMILES string of the molecule is CC(C)(c1ccc(F)cc1)C(N)Cc1ccccc1Br. The van der Waals surface area contributed by atoms with E-state index in [1.54, 1.807) is 0 Å². The van der Waals surface area contributed by atoms with E-state index in [1.165, 1.54) is 17.7 Å². The Morgan fingerprint density at radius 3 is 2.30 bits per heavy atom. The van der Waals surface area contributed by atoms with E-state index in [9.17, 15) is 4.39 Å². The van der Waals surface area contributed by atoms with Crippen LogP contribution in [0.2, 0.25) is 0 Å². The predicted molar refractivity (Wildman–Crippen MR) is 85.2 cm³/mol. The van der Waals surface area contributed by atoms with Crippen molar-refractivity contribution in [3.05, 3.63) is 69.9 Å². The van der Waals surface area contributed by atoms with E-state index in [0.717, 1.165) is 16.5 Å². The molecule has 1 unspecified atom stereocenters. The van der Waals surface area contributed by atoms with Crippen molar-refractivity contribution in [1.29, 1.82) is 0 Å². The summed E-state index contributed by atoms with van der Waals surface area (Å²) in [6.07, 6.45) is 0.770. The molecule has 0 spiro atoms. The van der Waals surface area contributed by atoms with Gasteiger partial charge in [0.15, 0.2) is 0 Å². The maximum absolute atomic E-state index is 13.0. The molecular formula is C17H19BrFN. The highest BCUT2D eigenvalue weighted by atomic mass is 79.9. The van der Waals surface area contributed by atoms with Gasteiger partial charge in [0.25, 0.3) is 0 Å². The first-order valence-corrected chi connectivity index (χ1v) is 7.45. The van der Waals surface area contributed by atoms with Gasteiger partial charge >= 0.3 is 0 Å². The van der Waals surface area contributed by atoms with Crippen LogP contribution in [-0.4, -0.2) is 6.04 Å². The Kier molecular flexibility index (Phi) is 4.61. The normalized spacial score (nSPS) is 13.2. The van der Waals surface area contributed by atoms with E-state index in [2.05, 4.69) is 35.8 Å². The van der Waals surface area contributed by atoms with Gasteiger partial charge < -0.3 is 5.73 Å². The van der Waals surface area contributed by atoms with Crippen LogP contribution in [-0.2, 0) is 11.8 Å². The predicted octanol–water partition coefficient (Wildman–Crippen LogP) is 4.44. The summed E-state index contributed by atoms with van der Waals surface area (Å²) in [6, 6.07) is 14.7. The Bertz CT molecular complexity index is 578. The monoisotopic (exact) mass is 335 g/mol. The van der Waals surface area contributed by atoms with Crippen molar-refractivity contribution in [1.82, 2.24) is 0 Å². The van der Waals surface area contributed by atoms with Crippen LogP contribution in [0, 0.1) is 5.82 Å². The zero-order valence-electron chi connectivity index (χ0n) is 11.7. The summed E-state index contributed by atoms with van der Waals surface area (Å²) >= 11 is 3.55. The lowest BCUT2D eigenvalue weighted by molar-refractivity contribution is 0.405. The van der Waals surface area contributed by atoms with E-state index in [4.69, 9.17) is 5.73 Å². The molecule has 0 radical (unpaired) electrons. The molecule has 106 valence electrons. The Morgan fingerprint density at radius 2 is 1.70 bits per heavy atom. The first kappa shape index (κ1) is 15.2. The summed E-state index contributed by atoms with van der Waals surface area (Å²) in [5.74, 6) is -0.219. The molecule has 0 aliphatic heterocycles. The summed E-state index contributed by atoms with van der Waals surface area (Å²) in [5, 5.41) is 0. The van der Waals surface area contributed by atoms with Gasteiger partial charge in [-0.15, -0.1) is 0 Å². The molecule has 0 aliphatic rings. The molecule has 1 atom stereocenters. The molecule has 2 aromatic carbocycles. The van der Waals surface area contributed by atoms with Crippen molar-refractivity contribution in [2.24, 2.45) is 5.73 Å². The van der Waals surface area contributed by atoms with Gasteiger partial charge in [0.1, 0.15) is 5.82 Å². The van der Waals surface area contributed by atoms with Crippen molar-refractivity contribution in [2.45, 2.75) is 31.7 Å². The zero-order chi connectivity index (χ0) is 14.8. The first-order valence-electron chi connectivity index (χ1n) is 6.66.